The molecule has 0 radical (unpaired) electrons. The number of carbonyl (C=O) groups is 1. The number of piperidine rings is 1. The van der Waals surface area contributed by atoms with Gasteiger partial charge in [-0.25, -0.2) is 22.2 Å². The van der Waals surface area contributed by atoms with Gasteiger partial charge in [-0.3, -0.25) is 19.6 Å². The third-order valence-electron chi connectivity index (χ3n) is 11.5. The largest absolute Gasteiger partial charge is 0.433 e. The number of hydrogen-bond donors (Lipinski definition) is 6. The highest BCUT2D eigenvalue weighted by Gasteiger charge is 2.70. The summed E-state index contributed by atoms with van der Waals surface area (Å²) < 4.78 is 130. The van der Waals surface area contributed by atoms with Crippen molar-refractivity contribution < 1.29 is 54.4 Å². The van der Waals surface area contributed by atoms with E-state index in [1.807, 2.05) is 0 Å². The van der Waals surface area contributed by atoms with Gasteiger partial charge in [-0.05, 0) is 74.0 Å². The molecule has 2 saturated carbocycles. The van der Waals surface area contributed by atoms with Crippen LogP contribution in [0.4, 0.5) is 36.6 Å². The number of carbonyl (C=O) groups excluding carboxylic acids is 1. The summed E-state index contributed by atoms with van der Waals surface area (Å²) in [6.45, 7) is -0.0216. The first kappa shape index (κ1) is 42.6. The standard InChI is InChI=1S/C40H36ClF7N8O4S/c1-56-32-23(6-7-28(41)31(32)36(54-56)55-61(2,59)60)24-5-4-22(8-10-37(58)9-3-11-50-18-37)52-34(24)38(16-27(38)19-12-20(42)14-21(43)13-19)53-29(57)17-51-35-30(33(49)40(46,47)48)25-15-26(25)39(35,44)45/h4-7,12-14,25-27,49-51,58H,3,9,11,15-18H2,1-2H3,(H,53,57)(H,54,55)/p+1. The van der Waals surface area contributed by atoms with E-state index in [9.17, 15) is 40.3 Å². The number of hydrogen-bond acceptors (Lipinski definition) is 8. The van der Waals surface area contributed by atoms with Gasteiger partial charge < -0.3 is 21.1 Å². The lowest BCUT2D eigenvalue weighted by molar-refractivity contribution is -0.609. The Balaban J connectivity index is 1.27. The van der Waals surface area contributed by atoms with Crippen molar-refractivity contribution in [2.24, 2.45) is 18.9 Å². The van der Waals surface area contributed by atoms with Gasteiger partial charge in [0.1, 0.15) is 28.6 Å². The number of quaternary nitrogens is 1. The fraction of sp³-hybridized carbons (Fsp3) is 0.400. The third kappa shape index (κ3) is 7.97. The van der Waals surface area contributed by atoms with E-state index in [1.54, 1.807) is 12.1 Å². The van der Waals surface area contributed by atoms with Gasteiger partial charge in [-0.2, -0.15) is 27.1 Å². The monoisotopic (exact) mass is 893 g/mol. The molecule has 3 aliphatic carbocycles. The number of nitrogens with two attached hydrogens (primary N) is 1. The van der Waals surface area contributed by atoms with Crippen molar-refractivity contribution in [1.82, 2.24) is 25.4 Å². The van der Waals surface area contributed by atoms with Crippen LogP contribution >= 0.6 is 11.6 Å². The third-order valence-corrected chi connectivity index (χ3v) is 12.4. The molecule has 3 fully saturated rings. The predicted molar refractivity (Wildman–Crippen MR) is 209 cm³/mol. The quantitative estimate of drug-likeness (QED) is 0.0767. The summed E-state index contributed by atoms with van der Waals surface area (Å²) in [7, 11) is -2.34. The van der Waals surface area contributed by atoms with Gasteiger partial charge in [0.15, 0.2) is 18.1 Å². The first-order valence-electron chi connectivity index (χ1n) is 19.0. The Kier molecular flexibility index (Phi) is 10.3. The van der Waals surface area contributed by atoms with Crippen molar-refractivity contribution in [3.63, 3.8) is 0 Å². The Bertz CT molecular complexity index is 2720. The highest BCUT2D eigenvalue weighted by Crippen LogP contribution is 2.62. The van der Waals surface area contributed by atoms with Crippen molar-refractivity contribution in [3.05, 3.63) is 87.3 Å². The topological polar surface area (TPSA) is 179 Å². The minimum absolute atomic E-state index is 0.0599. The van der Waals surface area contributed by atoms with Gasteiger partial charge in [0.05, 0.1) is 33.4 Å². The lowest BCUT2D eigenvalue weighted by Gasteiger charge is -2.27. The molecule has 21 heteroatoms. The number of aryl methyl sites for hydroxylation is 1. The number of benzene rings is 2. The van der Waals surface area contributed by atoms with E-state index in [-0.39, 0.29) is 58.1 Å². The van der Waals surface area contributed by atoms with Crippen molar-refractivity contribution in [1.29, 1.82) is 5.41 Å². The SMILES string of the molecule is Cn1nc(NS(C)(=O)=O)c2c(Cl)ccc(-c3ccc(C#CC4(O)CCCNC4)nc3C3(NC(=O)C[NH2+]C4=C(C(=N)C(F)(F)F)C5CC5C4(F)F)CC3c3cc(F)cc(F)c3)c21. The minimum atomic E-state index is -5.21. The predicted octanol–water partition coefficient (Wildman–Crippen LogP) is 4.59. The smallest absolute Gasteiger partial charge is 0.376 e. The number of aromatic nitrogens is 3. The number of fused-ring (bicyclic) bond motifs is 2. The van der Waals surface area contributed by atoms with Crippen molar-refractivity contribution in [2.45, 2.75) is 54.8 Å². The molecule has 4 aromatic rings. The van der Waals surface area contributed by atoms with Crippen LogP contribution in [0.25, 0.3) is 22.0 Å². The highest BCUT2D eigenvalue weighted by molar-refractivity contribution is 7.92. The summed E-state index contributed by atoms with van der Waals surface area (Å²) in [5.74, 6) is -4.48. The first-order chi connectivity index (χ1) is 28.5. The van der Waals surface area contributed by atoms with Crippen LogP contribution in [0.1, 0.15) is 48.6 Å². The zero-order valence-electron chi connectivity index (χ0n) is 32.2. The van der Waals surface area contributed by atoms with Gasteiger partial charge in [-0.15, -0.1) is 0 Å². The second kappa shape index (κ2) is 14.8. The molecule has 0 spiro atoms. The number of sulfonamides is 1. The summed E-state index contributed by atoms with van der Waals surface area (Å²) in [5.41, 5.74) is -5.76. The average Bonchev–Trinajstić information content (AvgIpc) is 4.07. The Morgan fingerprint density at radius 1 is 1.15 bits per heavy atom. The van der Waals surface area contributed by atoms with Crippen LogP contribution in [-0.2, 0) is 27.4 Å². The van der Waals surface area contributed by atoms with E-state index in [0.29, 0.717) is 41.8 Å². The molecule has 322 valence electrons. The zero-order valence-corrected chi connectivity index (χ0v) is 33.8. The van der Waals surface area contributed by atoms with Crippen LogP contribution in [0, 0.1) is 40.7 Å². The fourth-order valence-electron chi connectivity index (χ4n) is 8.71. The van der Waals surface area contributed by atoms with Crippen molar-refractivity contribution in [3.8, 4) is 23.0 Å². The van der Waals surface area contributed by atoms with Crippen LogP contribution in [0.5, 0.6) is 0 Å². The molecule has 3 heterocycles. The molecular weight excluding hydrogens is 857 g/mol. The van der Waals surface area contributed by atoms with E-state index < -0.39 is 92.1 Å². The molecule has 1 amide bonds. The number of anilines is 1. The maximum absolute atomic E-state index is 15.4. The Morgan fingerprint density at radius 2 is 1.85 bits per heavy atom. The molecule has 12 nitrogen and oxygen atoms in total. The molecular formula is C40H37ClF7N8O4S+. The van der Waals surface area contributed by atoms with Crippen molar-refractivity contribution >= 4 is 50.0 Å². The van der Waals surface area contributed by atoms with Crippen LogP contribution in [0.15, 0.2) is 53.7 Å². The number of alkyl halides is 5. The lowest BCUT2D eigenvalue weighted by atomic mass is 9.92. The van der Waals surface area contributed by atoms with Crippen molar-refractivity contribution in [2.75, 3.05) is 30.6 Å². The van der Waals surface area contributed by atoms with Crippen LogP contribution in [-0.4, -0.2) is 83.5 Å². The number of allylic oxidation sites excluding steroid dienone is 2. The van der Waals surface area contributed by atoms with Gasteiger partial charge in [-0.1, -0.05) is 23.6 Å². The summed E-state index contributed by atoms with van der Waals surface area (Å²) in [5, 5.41) is 30.0. The van der Waals surface area contributed by atoms with Gasteiger partial charge in [0, 0.05) is 54.1 Å². The highest BCUT2D eigenvalue weighted by atomic mass is 35.5. The number of amides is 1. The van der Waals surface area contributed by atoms with E-state index in [4.69, 9.17) is 22.0 Å². The van der Waals surface area contributed by atoms with Gasteiger partial charge in [0.2, 0.25) is 10.0 Å². The summed E-state index contributed by atoms with van der Waals surface area (Å²) in [6, 6.07) is 8.92. The number of nitrogens with one attached hydrogen (secondary N) is 4. The maximum Gasteiger partial charge on any atom is 0.433 e. The Labute approximate surface area is 348 Å². The Hall–Kier alpha value is -5.07. The van der Waals surface area contributed by atoms with Gasteiger partial charge in [0.25, 0.3) is 5.91 Å². The van der Waals surface area contributed by atoms with Gasteiger partial charge >= 0.3 is 12.1 Å². The number of rotatable bonds is 10. The fourth-order valence-corrected chi connectivity index (χ4v) is 9.45. The van der Waals surface area contributed by atoms with Crippen LogP contribution in [0.3, 0.4) is 0 Å². The van der Waals surface area contributed by atoms with E-state index in [2.05, 4.69) is 32.3 Å². The van der Waals surface area contributed by atoms with E-state index in [0.717, 1.165) is 18.4 Å². The summed E-state index contributed by atoms with van der Waals surface area (Å²) >= 11 is 6.62. The second-order valence-corrected chi connectivity index (χ2v) is 18.1. The molecule has 2 aromatic carbocycles. The minimum Gasteiger partial charge on any atom is -0.376 e. The molecule has 5 unspecified atom stereocenters. The summed E-state index contributed by atoms with van der Waals surface area (Å²) in [4.78, 5) is 18.9. The molecule has 0 bridgehead atoms. The molecule has 4 aliphatic rings. The molecule has 61 heavy (non-hydrogen) atoms. The van der Waals surface area contributed by atoms with E-state index >= 15 is 8.78 Å². The number of β-amino-alcohol motifs (C(OH)–C–C–N with tert-alkyl or cyclic N) is 1. The van der Waals surface area contributed by atoms with Crippen LogP contribution in [0.2, 0.25) is 5.02 Å². The molecule has 1 aliphatic heterocycles. The number of aliphatic hydroxyl groups is 1. The molecule has 7 N–H and O–H groups in total. The second-order valence-electron chi connectivity index (χ2n) is 16.0. The number of halogens is 8. The number of nitrogens with zero attached hydrogens (tertiary/aromatic N) is 3. The zero-order chi connectivity index (χ0) is 44.0. The van der Waals surface area contributed by atoms with E-state index in [1.165, 1.54) is 23.9 Å². The lowest BCUT2D eigenvalue weighted by Crippen LogP contribution is -2.87. The molecule has 2 aromatic heterocycles. The Morgan fingerprint density at radius 3 is 2.51 bits per heavy atom. The number of pyridine rings is 1. The first-order valence-corrected chi connectivity index (χ1v) is 21.3. The molecule has 1 saturated heterocycles. The van der Waals surface area contributed by atoms with Crippen LogP contribution < -0.4 is 20.7 Å². The summed E-state index contributed by atoms with van der Waals surface area (Å²) in [6.07, 6.45) is -3.60. The maximum atomic E-state index is 15.4. The average molecular weight is 894 g/mol. The normalized spacial score (nSPS) is 25.5. The molecule has 5 atom stereocenters. The molecule has 8 rings (SSSR count).